The second-order valence-corrected chi connectivity index (χ2v) is 3.82. The molecule has 1 saturated heterocycles. The van der Waals surface area contributed by atoms with Gasteiger partial charge in [-0.3, -0.25) is 0 Å². The van der Waals surface area contributed by atoms with Gasteiger partial charge in [0.25, 0.3) is 0 Å². The Balaban J connectivity index is 2.21. The lowest BCUT2D eigenvalue weighted by atomic mass is 10.4. The van der Waals surface area contributed by atoms with E-state index in [0.29, 0.717) is 10.6 Å². The quantitative estimate of drug-likeness (QED) is 0.750. The van der Waals surface area contributed by atoms with Crippen LogP contribution in [0.4, 0.5) is 11.8 Å². The zero-order valence-electron chi connectivity index (χ0n) is 7.61. The molecule has 6 heteroatoms. The summed E-state index contributed by atoms with van der Waals surface area (Å²) < 4.78 is 5.97. The Labute approximate surface area is 90.4 Å². The molecule has 0 amide bonds. The molecule has 1 aromatic rings. The maximum Gasteiger partial charge on any atom is 0.223 e. The number of morpholine rings is 1. The zero-order valence-corrected chi connectivity index (χ0v) is 9.20. The number of aromatic nitrogens is 2. The highest BCUT2D eigenvalue weighted by molar-refractivity contribution is 9.10. The molecule has 1 fully saturated rings. The highest BCUT2D eigenvalue weighted by Gasteiger charge is 2.13. The van der Waals surface area contributed by atoms with E-state index in [9.17, 15) is 0 Å². The fourth-order valence-electron chi connectivity index (χ4n) is 1.38. The second-order valence-electron chi connectivity index (χ2n) is 3.01. The summed E-state index contributed by atoms with van der Waals surface area (Å²) in [5.74, 6) is 1.15. The zero-order chi connectivity index (χ0) is 9.97. The van der Waals surface area contributed by atoms with Gasteiger partial charge in [0.05, 0.1) is 13.2 Å². The predicted molar refractivity (Wildman–Crippen MR) is 57.2 cm³/mol. The number of nitrogen functional groups attached to an aromatic ring is 1. The number of nitrogens with zero attached hydrogens (tertiary/aromatic N) is 3. The fraction of sp³-hybridized carbons (Fsp3) is 0.500. The first-order valence-electron chi connectivity index (χ1n) is 4.38. The Hall–Kier alpha value is -0.880. The van der Waals surface area contributed by atoms with Crippen LogP contribution in [0.25, 0.3) is 0 Å². The van der Waals surface area contributed by atoms with Gasteiger partial charge < -0.3 is 15.4 Å². The highest BCUT2D eigenvalue weighted by atomic mass is 79.9. The summed E-state index contributed by atoms with van der Waals surface area (Å²) in [6, 6.07) is 1.86. The minimum Gasteiger partial charge on any atom is -0.378 e. The van der Waals surface area contributed by atoms with Gasteiger partial charge in [-0.1, -0.05) is 0 Å². The maximum atomic E-state index is 5.56. The molecular weight excluding hydrogens is 248 g/mol. The molecule has 5 nitrogen and oxygen atoms in total. The Morgan fingerprint density at radius 2 is 2.07 bits per heavy atom. The average Bonchev–Trinajstić information content (AvgIpc) is 2.18. The lowest BCUT2D eigenvalue weighted by molar-refractivity contribution is 0.122. The summed E-state index contributed by atoms with van der Waals surface area (Å²) in [5, 5.41) is 0. The molecule has 1 aliphatic heterocycles. The number of nitrogens with two attached hydrogens (primary N) is 1. The fourth-order valence-corrected chi connectivity index (χ4v) is 1.76. The van der Waals surface area contributed by atoms with E-state index in [1.165, 1.54) is 0 Å². The highest BCUT2D eigenvalue weighted by Crippen LogP contribution is 2.18. The molecule has 1 aliphatic rings. The number of hydrogen-bond acceptors (Lipinski definition) is 5. The van der Waals surface area contributed by atoms with E-state index in [0.717, 1.165) is 32.1 Å². The van der Waals surface area contributed by atoms with Crippen molar-refractivity contribution in [3.63, 3.8) is 0 Å². The van der Waals surface area contributed by atoms with Crippen LogP contribution in [0.3, 0.4) is 0 Å². The molecular formula is C8H11BrN4O. The van der Waals surface area contributed by atoms with Crippen LogP contribution in [-0.4, -0.2) is 36.3 Å². The topological polar surface area (TPSA) is 64.3 Å². The molecule has 0 atom stereocenters. The molecule has 0 spiro atoms. The molecule has 0 saturated carbocycles. The van der Waals surface area contributed by atoms with E-state index in [4.69, 9.17) is 10.5 Å². The minimum atomic E-state index is 0.292. The minimum absolute atomic E-state index is 0.292. The van der Waals surface area contributed by atoms with Crippen LogP contribution in [0, 0.1) is 0 Å². The Kier molecular flexibility index (Phi) is 2.83. The van der Waals surface area contributed by atoms with Crippen molar-refractivity contribution in [3.05, 3.63) is 10.7 Å². The summed E-state index contributed by atoms with van der Waals surface area (Å²) in [6.45, 7) is 3.18. The van der Waals surface area contributed by atoms with Crippen LogP contribution in [-0.2, 0) is 4.74 Å². The summed E-state index contributed by atoms with van der Waals surface area (Å²) in [4.78, 5) is 10.3. The number of anilines is 2. The van der Waals surface area contributed by atoms with Gasteiger partial charge in [0.2, 0.25) is 5.95 Å². The third-order valence-electron chi connectivity index (χ3n) is 2.03. The van der Waals surface area contributed by atoms with Crippen LogP contribution >= 0.6 is 15.9 Å². The lowest BCUT2D eigenvalue weighted by Gasteiger charge is -2.27. The van der Waals surface area contributed by atoms with Crippen LogP contribution in [0.15, 0.2) is 10.7 Å². The molecule has 0 bridgehead atoms. The van der Waals surface area contributed by atoms with Crippen molar-refractivity contribution >= 4 is 27.7 Å². The van der Waals surface area contributed by atoms with Crippen molar-refractivity contribution in [2.75, 3.05) is 36.9 Å². The van der Waals surface area contributed by atoms with Gasteiger partial charge in [0.1, 0.15) is 10.4 Å². The van der Waals surface area contributed by atoms with E-state index in [-0.39, 0.29) is 0 Å². The largest absolute Gasteiger partial charge is 0.378 e. The van der Waals surface area contributed by atoms with E-state index in [2.05, 4.69) is 30.8 Å². The monoisotopic (exact) mass is 258 g/mol. The molecule has 0 radical (unpaired) electrons. The summed E-state index contributed by atoms with van der Waals surface area (Å²) in [7, 11) is 0. The van der Waals surface area contributed by atoms with Crippen molar-refractivity contribution in [2.45, 2.75) is 0 Å². The predicted octanol–water partition coefficient (Wildman–Crippen LogP) is 0.658. The molecule has 2 rings (SSSR count). The van der Waals surface area contributed by atoms with Crippen LogP contribution in [0.1, 0.15) is 0 Å². The SMILES string of the molecule is Nc1nc(Br)cc(N2CCOCC2)n1. The summed E-state index contributed by atoms with van der Waals surface area (Å²) in [6.07, 6.45) is 0. The van der Waals surface area contributed by atoms with Crippen LogP contribution in [0.5, 0.6) is 0 Å². The Morgan fingerprint density at radius 1 is 1.36 bits per heavy atom. The van der Waals surface area contributed by atoms with Crippen molar-refractivity contribution in [1.29, 1.82) is 0 Å². The van der Waals surface area contributed by atoms with Crippen molar-refractivity contribution in [1.82, 2.24) is 9.97 Å². The van der Waals surface area contributed by atoms with E-state index in [1.54, 1.807) is 0 Å². The van der Waals surface area contributed by atoms with Gasteiger partial charge >= 0.3 is 0 Å². The smallest absolute Gasteiger partial charge is 0.223 e. The molecule has 14 heavy (non-hydrogen) atoms. The standard InChI is InChI=1S/C8H11BrN4O/c9-6-5-7(12-8(10)11-6)13-1-3-14-4-2-13/h5H,1-4H2,(H2,10,11,12). The summed E-state index contributed by atoms with van der Waals surface area (Å²) >= 11 is 3.29. The van der Waals surface area contributed by atoms with Crippen LogP contribution in [0.2, 0.25) is 0 Å². The van der Waals surface area contributed by atoms with E-state index < -0.39 is 0 Å². The molecule has 1 aromatic heterocycles. The van der Waals surface area contributed by atoms with Crippen molar-refractivity contribution in [2.24, 2.45) is 0 Å². The van der Waals surface area contributed by atoms with Gasteiger partial charge in [-0.05, 0) is 15.9 Å². The maximum absolute atomic E-state index is 5.56. The molecule has 2 heterocycles. The Bertz CT molecular complexity index is 307. The molecule has 0 aliphatic carbocycles. The van der Waals surface area contributed by atoms with Gasteiger partial charge in [-0.15, -0.1) is 0 Å². The van der Waals surface area contributed by atoms with E-state index >= 15 is 0 Å². The van der Waals surface area contributed by atoms with Crippen molar-refractivity contribution < 1.29 is 4.74 Å². The van der Waals surface area contributed by atoms with Crippen LogP contribution < -0.4 is 10.6 Å². The molecule has 0 unspecified atom stereocenters. The normalized spacial score (nSPS) is 17.1. The third-order valence-corrected chi connectivity index (χ3v) is 2.44. The second kappa shape index (κ2) is 4.10. The third kappa shape index (κ3) is 2.13. The van der Waals surface area contributed by atoms with Gasteiger partial charge in [0.15, 0.2) is 0 Å². The molecule has 2 N–H and O–H groups in total. The van der Waals surface area contributed by atoms with Gasteiger partial charge in [0, 0.05) is 19.2 Å². The Morgan fingerprint density at radius 3 is 2.71 bits per heavy atom. The first-order chi connectivity index (χ1) is 6.75. The number of halogens is 1. The molecule has 76 valence electrons. The number of rotatable bonds is 1. The van der Waals surface area contributed by atoms with Crippen molar-refractivity contribution in [3.8, 4) is 0 Å². The first kappa shape index (κ1) is 9.67. The average molecular weight is 259 g/mol. The molecule has 0 aromatic carbocycles. The number of hydrogen-bond donors (Lipinski definition) is 1. The number of ether oxygens (including phenoxy) is 1. The van der Waals surface area contributed by atoms with E-state index in [1.807, 2.05) is 6.07 Å². The lowest BCUT2D eigenvalue weighted by Crippen LogP contribution is -2.36. The summed E-state index contributed by atoms with van der Waals surface area (Å²) in [5.41, 5.74) is 5.56. The first-order valence-corrected chi connectivity index (χ1v) is 5.18. The van der Waals surface area contributed by atoms with Gasteiger partial charge in [-0.25, -0.2) is 4.98 Å². The van der Waals surface area contributed by atoms with Gasteiger partial charge in [-0.2, -0.15) is 4.98 Å².